The minimum Gasteiger partial charge on any atom is -0.378 e. The first-order valence-corrected chi connectivity index (χ1v) is 8.81. The topological polar surface area (TPSA) is 73.4 Å². The number of hydrogen-bond donors (Lipinski definition) is 2. The standard InChI is InChI=1S/C19H17Cl2N5O/c1-26(2)14-6-3-12(4-7-14)11-22-25-19(27)18-10-17(23-24-18)13-5-8-15(20)16(21)9-13/h3-11H,1-2H3,(H,23,24)(H,25,27). The average molecular weight is 402 g/mol. The number of carbonyl (C=O) groups is 1. The Morgan fingerprint density at radius 3 is 2.52 bits per heavy atom. The summed E-state index contributed by atoms with van der Waals surface area (Å²) in [5.41, 5.74) is 6.06. The minimum atomic E-state index is -0.394. The molecule has 0 aliphatic rings. The molecule has 2 aromatic carbocycles. The predicted molar refractivity (Wildman–Crippen MR) is 110 cm³/mol. The van der Waals surface area contributed by atoms with Crippen LogP contribution in [0.15, 0.2) is 53.6 Å². The van der Waals surface area contributed by atoms with Gasteiger partial charge in [-0.2, -0.15) is 10.2 Å². The summed E-state index contributed by atoms with van der Waals surface area (Å²) in [6.45, 7) is 0. The molecule has 0 aliphatic heterocycles. The lowest BCUT2D eigenvalue weighted by atomic mass is 10.1. The van der Waals surface area contributed by atoms with Gasteiger partial charge < -0.3 is 4.90 Å². The number of aromatic nitrogens is 2. The van der Waals surface area contributed by atoms with Gasteiger partial charge in [-0.15, -0.1) is 0 Å². The van der Waals surface area contributed by atoms with Crippen molar-refractivity contribution in [3.63, 3.8) is 0 Å². The number of hydrogen-bond acceptors (Lipinski definition) is 4. The Balaban J connectivity index is 1.64. The maximum absolute atomic E-state index is 12.2. The van der Waals surface area contributed by atoms with Crippen LogP contribution in [-0.4, -0.2) is 36.4 Å². The zero-order chi connectivity index (χ0) is 19.4. The SMILES string of the molecule is CN(C)c1ccc(C=NNC(=O)c2cc(-c3ccc(Cl)c(Cl)c3)n[nH]2)cc1. The van der Waals surface area contributed by atoms with Gasteiger partial charge in [0.25, 0.3) is 5.91 Å². The molecule has 1 heterocycles. The van der Waals surface area contributed by atoms with Crippen LogP contribution in [-0.2, 0) is 0 Å². The van der Waals surface area contributed by atoms with Gasteiger partial charge >= 0.3 is 0 Å². The summed E-state index contributed by atoms with van der Waals surface area (Å²) in [4.78, 5) is 14.2. The molecular formula is C19H17Cl2N5O. The molecule has 0 spiro atoms. The summed E-state index contributed by atoms with van der Waals surface area (Å²) in [6, 6.07) is 14.6. The monoisotopic (exact) mass is 401 g/mol. The van der Waals surface area contributed by atoms with Crippen molar-refractivity contribution >= 4 is 41.0 Å². The van der Waals surface area contributed by atoms with E-state index in [0.717, 1.165) is 16.8 Å². The molecule has 138 valence electrons. The normalized spacial score (nSPS) is 11.0. The number of benzene rings is 2. The van der Waals surface area contributed by atoms with Crippen LogP contribution in [0.2, 0.25) is 10.0 Å². The van der Waals surface area contributed by atoms with Crippen LogP contribution in [0.5, 0.6) is 0 Å². The van der Waals surface area contributed by atoms with E-state index < -0.39 is 5.91 Å². The quantitative estimate of drug-likeness (QED) is 0.496. The van der Waals surface area contributed by atoms with E-state index in [9.17, 15) is 4.79 Å². The Morgan fingerprint density at radius 2 is 1.85 bits per heavy atom. The van der Waals surface area contributed by atoms with E-state index in [-0.39, 0.29) is 5.69 Å². The van der Waals surface area contributed by atoms with Crippen molar-refractivity contribution < 1.29 is 4.79 Å². The molecule has 3 aromatic rings. The number of aromatic amines is 1. The highest BCUT2D eigenvalue weighted by atomic mass is 35.5. The number of anilines is 1. The molecule has 2 N–H and O–H groups in total. The largest absolute Gasteiger partial charge is 0.378 e. The van der Waals surface area contributed by atoms with Gasteiger partial charge in [-0.25, -0.2) is 5.43 Å². The fourth-order valence-electron chi connectivity index (χ4n) is 2.33. The van der Waals surface area contributed by atoms with Crippen molar-refractivity contribution in [2.24, 2.45) is 5.10 Å². The Hall–Kier alpha value is -2.83. The molecule has 0 saturated carbocycles. The zero-order valence-electron chi connectivity index (χ0n) is 14.7. The molecule has 0 atom stereocenters. The summed E-state index contributed by atoms with van der Waals surface area (Å²) in [6.07, 6.45) is 1.58. The van der Waals surface area contributed by atoms with Gasteiger partial charge in [-0.1, -0.05) is 41.4 Å². The fourth-order valence-corrected chi connectivity index (χ4v) is 2.62. The van der Waals surface area contributed by atoms with Crippen LogP contribution in [0.3, 0.4) is 0 Å². The number of rotatable bonds is 5. The predicted octanol–water partition coefficient (Wildman–Crippen LogP) is 4.21. The molecule has 1 amide bonds. The van der Waals surface area contributed by atoms with Crippen molar-refractivity contribution in [1.29, 1.82) is 0 Å². The first-order chi connectivity index (χ1) is 12.9. The average Bonchev–Trinajstić information content (AvgIpc) is 3.14. The Kier molecular flexibility index (Phi) is 5.78. The molecule has 3 rings (SSSR count). The van der Waals surface area contributed by atoms with E-state index in [1.54, 1.807) is 30.5 Å². The van der Waals surface area contributed by atoms with Gasteiger partial charge in [0, 0.05) is 25.3 Å². The number of amides is 1. The van der Waals surface area contributed by atoms with Crippen LogP contribution in [0.1, 0.15) is 16.1 Å². The van der Waals surface area contributed by atoms with Crippen LogP contribution in [0, 0.1) is 0 Å². The van der Waals surface area contributed by atoms with Crippen molar-refractivity contribution in [3.05, 3.63) is 69.8 Å². The van der Waals surface area contributed by atoms with E-state index in [4.69, 9.17) is 23.2 Å². The molecular weight excluding hydrogens is 385 g/mol. The summed E-state index contributed by atoms with van der Waals surface area (Å²) in [5.74, 6) is -0.394. The fraction of sp³-hybridized carbons (Fsp3) is 0.105. The molecule has 0 radical (unpaired) electrons. The lowest BCUT2D eigenvalue weighted by molar-refractivity contribution is 0.0950. The number of nitrogens with one attached hydrogen (secondary N) is 2. The summed E-state index contributed by atoms with van der Waals surface area (Å²) in [7, 11) is 3.94. The van der Waals surface area contributed by atoms with Crippen LogP contribution >= 0.6 is 23.2 Å². The second-order valence-electron chi connectivity index (χ2n) is 5.98. The van der Waals surface area contributed by atoms with Crippen molar-refractivity contribution in [1.82, 2.24) is 15.6 Å². The lowest BCUT2D eigenvalue weighted by Crippen LogP contribution is -2.18. The third-order valence-corrected chi connectivity index (χ3v) is 4.57. The third kappa shape index (κ3) is 4.67. The van der Waals surface area contributed by atoms with Crippen molar-refractivity contribution in [3.8, 4) is 11.3 Å². The van der Waals surface area contributed by atoms with Crippen LogP contribution in [0.25, 0.3) is 11.3 Å². The summed E-state index contributed by atoms with van der Waals surface area (Å²) in [5, 5.41) is 11.7. The highest BCUT2D eigenvalue weighted by Crippen LogP contribution is 2.27. The maximum Gasteiger partial charge on any atom is 0.289 e. The number of halogens is 2. The summed E-state index contributed by atoms with van der Waals surface area (Å²) >= 11 is 11.9. The number of carbonyl (C=O) groups excluding carboxylic acids is 1. The maximum atomic E-state index is 12.2. The van der Waals surface area contributed by atoms with E-state index >= 15 is 0 Å². The molecule has 27 heavy (non-hydrogen) atoms. The number of H-pyrrole nitrogens is 1. The first-order valence-electron chi connectivity index (χ1n) is 8.05. The highest BCUT2D eigenvalue weighted by molar-refractivity contribution is 6.42. The molecule has 0 fully saturated rings. The first kappa shape index (κ1) is 18.9. The molecule has 0 aliphatic carbocycles. The van der Waals surface area contributed by atoms with Crippen molar-refractivity contribution in [2.45, 2.75) is 0 Å². The van der Waals surface area contributed by atoms with E-state index in [2.05, 4.69) is 20.7 Å². The zero-order valence-corrected chi connectivity index (χ0v) is 16.2. The molecule has 0 bridgehead atoms. The van der Waals surface area contributed by atoms with Crippen molar-refractivity contribution in [2.75, 3.05) is 19.0 Å². The molecule has 0 unspecified atom stereocenters. The Labute approximate surface area is 166 Å². The molecule has 1 aromatic heterocycles. The highest BCUT2D eigenvalue weighted by Gasteiger charge is 2.11. The second kappa shape index (κ2) is 8.24. The van der Waals surface area contributed by atoms with E-state index in [1.165, 1.54) is 0 Å². The number of nitrogens with zero attached hydrogens (tertiary/aromatic N) is 3. The Bertz CT molecular complexity index is 980. The smallest absolute Gasteiger partial charge is 0.289 e. The Morgan fingerprint density at radius 1 is 1.11 bits per heavy atom. The molecule has 0 saturated heterocycles. The van der Waals surface area contributed by atoms with Crippen LogP contribution < -0.4 is 10.3 Å². The summed E-state index contributed by atoms with van der Waals surface area (Å²) < 4.78 is 0. The lowest BCUT2D eigenvalue weighted by Gasteiger charge is -2.11. The van der Waals surface area contributed by atoms with Gasteiger partial charge in [-0.3, -0.25) is 9.89 Å². The molecule has 6 nitrogen and oxygen atoms in total. The van der Waals surface area contributed by atoms with Gasteiger partial charge in [0.15, 0.2) is 0 Å². The third-order valence-electron chi connectivity index (χ3n) is 3.83. The second-order valence-corrected chi connectivity index (χ2v) is 6.80. The number of hydrazone groups is 1. The van der Waals surface area contributed by atoms with Gasteiger partial charge in [0.2, 0.25) is 0 Å². The van der Waals surface area contributed by atoms with E-state index in [0.29, 0.717) is 15.7 Å². The van der Waals surface area contributed by atoms with E-state index in [1.807, 2.05) is 43.3 Å². The van der Waals surface area contributed by atoms with Crippen LogP contribution in [0.4, 0.5) is 5.69 Å². The van der Waals surface area contributed by atoms with Gasteiger partial charge in [0.05, 0.1) is 22.0 Å². The minimum absolute atomic E-state index is 0.288. The molecule has 8 heteroatoms. The van der Waals surface area contributed by atoms with Gasteiger partial charge in [-0.05, 0) is 35.9 Å². The van der Waals surface area contributed by atoms with Gasteiger partial charge in [0.1, 0.15) is 5.69 Å².